The number of para-hydroxylation sites is 6. The van der Waals surface area contributed by atoms with E-state index in [0.29, 0.717) is 99.7 Å². The van der Waals surface area contributed by atoms with Gasteiger partial charge in [-0.2, -0.15) is 0 Å². The largest absolute Gasteiger partial charge is 0.507 e. The van der Waals surface area contributed by atoms with Gasteiger partial charge in [0, 0.05) is 67.1 Å². The molecule has 0 aliphatic rings. The highest BCUT2D eigenvalue weighted by Crippen LogP contribution is 2.43. The van der Waals surface area contributed by atoms with Gasteiger partial charge in [0.25, 0.3) is 0 Å². The molecule has 6 N–H and O–H groups in total. The van der Waals surface area contributed by atoms with Crippen LogP contribution in [0.2, 0.25) is 15.1 Å². The number of aromatic hydroxyl groups is 6. The number of nitrogens with zero attached hydrogens (tertiary/aromatic N) is 6. The van der Waals surface area contributed by atoms with Crippen LogP contribution in [0.4, 0.5) is 34.1 Å². The second-order valence-electron chi connectivity index (χ2n) is 18.0. The molecule has 0 amide bonds. The van der Waals surface area contributed by atoms with Gasteiger partial charge >= 0.3 is 0 Å². The molecule has 10 aromatic rings. The molecule has 0 saturated carbocycles. The molecule has 0 spiro atoms. The summed E-state index contributed by atoms with van der Waals surface area (Å²) >= 11 is 18.7. The maximum Gasteiger partial charge on any atom is 0.140 e. The fraction of sp³-hybridized carbons (Fsp3) is 0. The number of hydrogen-bond acceptors (Lipinski definition) is 12. The van der Waals surface area contributed by atoms with E-state index in [4.69, 9.17) is 64.8 Å². The van der Waals surface area contributed by atoms with E-state index >= 15 is 0 Å². The van der Waals surface area contributed by atoms with Gasteiger partial charge in [-0.25, -0.2) is 15.0 Å². The van der Waals surface area contributed by atoms with Crippen LogP contribution in [-0.4, -0.2) is 66.4 Å². The Morgan fingerprint density at radius 1 is 0.284 bits per heavy atom. The van der Waals surface area contributed by atoms with Crippen LogP contribution in [0.1, 0.15) is 50.1 Å². The Morgan fingerprint density at radius 2 is 0.519 bits per heavy atom. The van der Waals surface area contributed by atoms with Gasteiger partial charge in [0.05, 0.1) is 67.9 Å². The van der Waals surface area contributed by atoms with Crippen molar-refractivity contribution in [3.05, 3.63) is 284 Å². The van der Waals surface area contributed by atoms with Crippen LogP contribution in [0.5, 0.6) is 34.5 Å². The molecule has 0 saturated heterocycles. The SMILES string of the molecule is Oc1cc(Cl)ccc1C(=Nc1ccccc1N=Cc1c(O)c(C=Nc2ccccc2N=C(c2ccccc2)c2ccc(Cl)cc2O)c(O)c(C=Nc2ccccc2N=C(c2ccccc2)c2ccc(Cl)cc2O)c1O)c1ccccc1. The van der Waals surface area contributed by atoms with Crippen molar-refractivity contribution < 1.29 is 30.6 Å². The third kappa shape index (κ3) is 12.4. The van der Waals surface area contributed by atoms with Gasteiger partial charge in [0.1, 0.15) is 34.5 Å². The summed E-state index contributed by atoms with van der Waals surface area (Å²) in [5.41, 5.74) is 5.85. The fourth-order valence-corrected chi connectivity index (χ4v) is 9.15. The van der Waals surface area contributed by atoms with E-state index in [1.54, 1.807) is 109 Å². The zero-order valence-electron chi connectivity index (χ0n) is 42.5. The number of aliphatic imine (C=N–C) groups is 6. The lowest BCUT2D eigenvalue weighted by Gasteiger charge is -2.14. The fourth-order valence-electron chi connectivity index (χ4n) is 8.65. The van der Waals surface area contributed by atoms with Crippen LogP contribution in [0, 0.1) is 0 Å². The molecule has 12 nitrogen and oxygen atoms in total. The molecule has 10 rings (SSSR count). The smallest absolute Gasteiger partial charge is 0.140 e. The lowest BCUT2D eigenvalue weighted by molar-refractivity contribution is 0.424. The van der Waals surface area contributed by atoms with Crippen molar-refractivity contribution in [3.8, 4) is 34.5 Å². The summed E-state index contributed by atoms with van der Waals surface area (Å²) in [5.74, 6) is -2.05. The minimum atomic E-state index is -0.594. The quantitative estimate of drug-likeness (QED) is 0.0553. The molecular formula is C66H45Cl3N6O6. The van der Waals surface area contributed by atoms with Gasteiger partial charge < -0.3 is 30.6 Å². The van der Waals surface area contributed by atoms with E-state index in [0.717, 1.165) is 0 Å². The summed E-state index contributed by atoms with van der Waals surface area (Å²) in [4.78, 5) is 29.3. The van der Waals surface area contributed by atoms with E-state index in [-0.39, 0.29) is 33.9 Å². The molecule has 0 atom stereocenters. The van der Waals surface area contributed by atoms with Crippen molar-refractivity contribution in [1.29, 1.82) is 0 Å². The highest BCUT2D eigenvalue weighted by atomic mass is 35.5. The van der Waals surface area contributed by atoms with E-state index < -0.39 is 17.2 Å². The number of phenolic OH excluding ortho intramolecular Hbond substituents is 6. The van der Waals surface area contributed by atoms with Gasteiger partial charge in [-0.05, 0) is 91.0 Å². The Bertz CT molecular complexity index is 3720. The number of benzene rings is 10. The minimum absolute atomic E-state index is 0.0905. The molecule has 0 radical (unpaired) electrons. The highest BCUT2D eigenvalue weighted by Gasteiger charge is 2.23. The standard InChI is InChI=1S/C66H45Cl3N6O6/c67-43-28-31-46(58(76)34-43)61(40-16-4-1-5-17-40)73-55-25-13-10-22-52(55)70-37-49-64(79)50(38-71-53-23-11-14-26-56(53)74-62(41-18-6-2-7-19-41)47-32-29-44(68)35-59(47)77)66(81)51(65(49)80)39-72-54-24-12-15-27-57(54)75-63(42-20-8-3-9-21-42)48-33-30-45(69)36-60(48)78/h1-39,76-81H. The van der Waals surface area contributed by atoms with E-state index in [1.165, 1.54) is 36.8 Å². The summed E-state index contributed by atoms with van der Waals surface area (Å²) in [6.45, 7) is 0. The summed E-state index contributed by atoms with van der Waals surface area (Å²) in [6, 6.07) is 62.9. The molecule has 0 fully saturated rings. The lowest BCUT2D eigenvalue weighted by atomic mass is 10.0. The molecule has 0 aromatic heterocycles. The first-order valence-corrected chi connectivity index (χ1v) is 26.1. The van der Waals surface area contributed by atoms with Crippen LogP contribution >= 0.6 is 34.8 Å². The predicted molar refractivity (Wildman–Crippen MR) is 327 cm³/mol. The van der Waals surface area contributed by atoms with E-state index in [9.17, 15) is 30.6 Å². The number of halogens is 3. The highest BCUT2D eigenvalue weighted by molar-refractivity contribution is 6.32. The molecule has 396 valence electrons. The van der Waals surface area contributed by atoms with Gasteiger partial charge in [-0.3, -0.25) is 15.0 Å². The van der Waals surface area contributed by atoms with Crippen molar-refractivity contribution in [2.24, 2.45) is 30.0 Å². The molecule has 0 unspecified atom stereocenters. The van der Waals surface area contributed by atoms with E-state index in [1.807, 2.05) is 91.0 Å². The molecular weight excluding hydrogens is 1080 g/mol. The third-order valence-electron chi connectivity index (χ3n) is 12.7. The van der Waals surface area contributed by atoms with Crippen LogP contribution in [0.15, 0.2) is 248 Å². The van der Waals surface area contributed by atoms with Crippen molar-refractivity contribution in [1.82, 2.24) is 0 Å². The summed E-state index contributed by atoms with van der Waals surface area (Å²) < 4.78 is 0. The maximum absolute atomic E-state index is 12.2. The summed E-state index contributed by atoms with van der Waals surface area (Å²) in [6.07, 6.45) is 3.71. The number of phenols is 6. The molecule has 0 heterocycles. The molecule has 81 heavy (non-hydrogen) atoms. The van der Waals surface area contributed by atoms with E-state index in [2.05, 4.69) is 0 Å². The van der Waals surface area contributed by atoms with Crippen LogP contribution < -0.4 is 0 Å². The Balaban J connectivity index is 1.12. The monoisotopic (exact) mass is 1120 g/mol. The summed E-state index contributed by atoms with van der Waals surface area (Å²) in [7, 11) is 0. The second-order valence-corrected chi connectivity index (χ2v) is 19.3. The van der Waals surface area contributed by atoms with Gasteiger partial charge in [0.15, 0.2) is 0 Å². The first-order valence-electron chi connectivity index (χ1n) is 25.0. The number of hydrogen-bond donors (Lipinski definition) is 6. The Kier molecular flexibility index (Phi) is 16.5. The van der Waals surface area contributed by atoms with Gasteiger partial charge in [-0.1, -0.05) is 162 Å². The Labute approximate surface area is 480 Å². The topological polar surface area (TPSA) is 196 Å². The van der Waals surface area contributed by atoms with Crippen LogP contribution in [0.3, 0.4) is 0 Å². The maximum atomic E-state index is 12.2. The predicted octanol–water partition coefficient (Wildman–Crippen LogP) is 16.6. The minimum Gasteiger partial charge on any atom is -0.507 e. The van der Waals surface area contributed by atoms with Crippen LogP contribution in [-0.2, 0) is 0 Å². The number of rotatable bonds is 15. The first-order chi connectivity index (χ1) is 39.4. The van der Waals surface area contributed by atoms with Crippen molar-refractivity contribution in [3.63, 3.8) is 0 Å². The van der Waals surface area contributed by atoms with Gasteiger partial charge in [-0.15, -0.1) is 0 Å². The third-order valence-corrected chi connectivity index (χ3v) is 13.4. The molecule has 15 heteroatoms. The normalized spacial score (nSPS) is 12.3. The molecule has 0 aliphatic carbocycles. The summed E-state index contributed by atoms with van der Waals surface area (Å²) in [5, 5.41) is 71.0. The molecule has 10 aromatic carbocycles. The van der Waals surface area contributed by atoms with Crippen LogP contribution in [0.25, 0.3) is 0 Å². The Morgan fingerprint density at radius 3 is 0.765 bits per heavy atom. The Hall–Kier alpha value is -10.1. The molecule has 0 aliphatic heterocycles. The lowest BCUT2D eigenvalue weighted by Crippen LogP contribution is -2.03. The zero-order valence-corrected chi connectivity index (χ0v) is 44.8. The van der Waals surface area contributed by atoms with Gasteiger partial charge in [0.2, 0.25) is 0 Å². The second kappa shape index (κ2) is 24.7. The van der Waals surface area contributed by atoms with Crippen molar-refractivity contribution in [2.45, 2.75) is 0 Å². The van der Waals surface area contributed by atoms with Crippen molar-refractivity contribution in [2.75, 3.05) is 0 Å². The molecule has 0 bridgehead atoms. The zero-order chi connectivity index (χ0) is 56.4. The average molecular weight is 1120 g/mol. The van der Waals surface area contributed by atoms with Crippen molar-refractivity contribution >= 4 is 105 Å². The first kappa shape index (κ1) is 54.3. The average Bonchev–Trinajstić information content (AvgIpc) is 3.60.